The SMILES string of the molecule is C=CCC12C3C4C(OC)(OC)C(=O)C1(OC)C1C2C(OC)(C(=O)C3(OC)OC)C41CC=C. The van der Waals surface area contributed by atoms with Crippen molar-refractivity contribution in [1.82, 2.24) is 0 Å². The van der Waals surface area contributed by atoms with Crippen LogP contribution in [0.5, 0.6) is 0 Å². The predicted molar refractivity (Wildman–Crippen MR) is 111 cm³/mol. The van der Waals surface area contributed by atoms with Crippen LogP contribution in [0.4, 0.5) is 0 Å². The second-order valence-electron chi connectivity index (χ2n) is 9.67. The smallest absolute Gasteiger partial charge is 0.235 e. The summed E-state index contributed by atoms with van der Waals surface area (Å²) in [5.74, 6) is -5.54. The third-order valence-electron chi connectivity index (χ3n) is 10.1. The summed E-state index contributed by atoms with van der Waals surface area (Å²) in [6, 6.07) is 0. The molecule has 8 nitrogen and oxygen atoms in total. The van der Waals surface area contributed by atoms with Crippen molar-refractivity contribution in [2.24, 2.45) is 34.5 Å². The summed E-state index contributed by atoms with van der Waals surface area (Å²) in [7, 11) is 8.88. The Morgan fingerprint density at radius 3 is 1.16 bits per heavy atom. The molecule has 0 heterocycles. The van der Waals surface area contributed by atoms with E-state index >= 15 is 0 Å². The highest BCUT2D eigenvalue weighted by Gasteiger charge is 3.10. The molecule has 0 N–H and O–H groups in total. The fourth-order valence-corrected chi connectivity index (χ4v) is 9.86. The Labute approximate surface area is 188 Å². The molecule has 8 aliphatic rings. The van der Waals surface area contributed by atoms with Gasteiger partial charge >= 0.3 is 0 Å². The lowest BCUT2D eigenvalue weighted by Gasteiger charge is -2.98. The van der Waals surface area contributed by atoms with E-state index in [-0.39, 0.29) is 23.4 Å². The quantitative estimate of drug-likeness (QED) is 0.367. The number of fused-ring (bicyclic) bond motifs is 2. The normalized spacial score (nSPS) is 50.1. The Morgan fingerprint density at radius 2 is 0.938 bits per heavy atom. The van der Waals surface area contributed by atoms with E-state index in [1.54, 1.807) is 26.4 Å². The Morgan fingerprint density at radius 1 is 0.625 bits per heavy atom. The third kappa shape index (κ3) is 1.45. The Hall–Kier alpha value is -1.42. The fraction of sp³-hybridized carbons (Fsp3) is 0.750. The molecule has 0 aromatic heterocycles. The van der Waals surface area contributed by atoms with E-state index in [1.165, 1.54) is 28.4 Å². The highest BCUT2D eigenvalue weighted by molar-refractivity contribution is 6.09. The molecule has 8 fully saturated rings. The van der Waals surface area contributed by atoms with Crippen LogP contribution in [0, 0.1) is 34.5 Å². The van der Waals surface area contributed by atoms with E-state index in [0.29, 0.717) is 12.8 Å². The molecular formula is C24H32O8. The molecule has 8 heteroatoms. The van der Waals surface area contributed by atoms with E-state index in [4.69, 9.17) is 28.4 Å². The summed E-state index contributed by atoms with van der Waals surface area (Å²) in [6.07, 6.45) is 4.41. The van der Waals surface area contributed by atoms with Gasteiger partial charge < -0.3 is 28.4 Å². The van der Waals surface area contributed by atoms with Gasteiger partial charge in [0.25, 0.3) is 0 Å². The first kappa shape index (κ1) is 22.4. The zero-order chi connectivity index (χ0) is 23.5. The van der Waals surface area contributed by atoms with Crippen LogP contribution in [0.15, 0.2) is 25.3 Å². The van der Waals surface area contributed by atoms with Crippen molar-refractivity contribution in [1.29, 1.82) is 0 Å². The van der Waals surface area contributed by atoms with E-state index in [2.05, 4.69) is 13.2 Å². The first-order valence-corrected chi connectivity index (χ1v) is 10.9. The molecule has 8 bridgehead atoms. The molecule has 0 radical (unpaired) electrons. The fourth-order valence-electron chi connectivity index (χ4n) is 9.86. The number of ether oxygens (including phenoxy) is 6. The number of hydrogen-bond acceptors (Lipinski definition) is 8. The number of carbonyl (C=O) groups excluding carboxylic acids is 2. The third-order valence-corrected chi connectivity index (χ3v) is 10.1. The second kappa shape index (κ2) is 6.17. The van der Waals surface area contributed by atoms with Crippen LogP contribution in [0.2, 0.25) is 0 Å². The summed E-state index contributed by atoms with van der Waals surface area (Å²) < 4.78 is 36.2. The van der Waals surface area contributed by atoms with Gasteiger partial charge in [-0.2, -0.15) is 0 Å². The number of hydrogen-bond donors (Lipinski definition) is 0. The maximum Gasteiger partial charge on any atom is 0.235 e. The summed E-state index contributed by atoms with van der Waals surface area (Å²) in [6.45, 7) is 7.96. The topological polar surface area (TPSA) is 89.5 Å². The zero-order valence-corrected chi connectivity index (χ0v) is 19.6. The van der Waals surface area contributed by atoms with Crippen molar-refractivity contribution in [2.75, 3.05) is 42.7 Å². The maximum atomic E-state index is 14.3. The minimum absolute atomic E-state index is 0.249. The Balaban J connectivity index is 1.96. The maximum absolute atomic E-state index is 14.3. The molecule has 0 amide bonds. The number of Topliss-reactive ketones (excluding diaryl/α,β-unsaturated/α-hetero) is 2. The average Bonchev–Trinajstić information content (AvgIpc) is 2.79. The van der Waals surface area contributed by atoms with Gasteiger partial charge in [-0.25, -0.2) is 0 Å². The summed E-state index contributed by atoms with van der Waals surface area (Å²) in [4.78, 5) is 28.5. The van der Waals surface area contributed by atoms with E-state index in [1.807, 2.05) is 0 Å². The molecule has 8 aliphatic carbocycles. The van der Waals surface area contributed by atoms with Gasteiger partial charge in [0.15, 0.2) is 0 Å². The van der Waals surface area contributed by atoms with Gasteiger partial charge in [0.2, 0.25) is 23.1 Å². The molecule has 8 unspecified atom stereocenters. The van der Waals surface area contributed by atoms with E-state index < -0.39 is 45.4 Å². The molecule has 0 aromatic rings. The van der Waals surface area contributed by atoms with Gasteiger partial charge in [0, 0.05) is 77.2 Å². The van der Waals surface area contributed by atoms with Gasteiger partial charge in [-0.1, -0.05) is 12.2 Å². The van der Waals surface area contributed by atoms with Crippen LogP contribution in [0.3, 0.4) is 0 Å². The number of allylic oxidation sites excluding steroid dienone is 2. The Kier molecular flexibility index (Phi) is 4.31. The lowest BCUT2D eigenvalue weighted by Crippen LogP contribution is -3.11. The highest BCUT2D eigenvalue weighted by atomic mass is 16.7. The monoisotopic (exact) mass is 448 g/mol. The van der Waals surface area contributed by atoms with Gasteiger partial charge in [-0.05, 0) is 12.8 Å². The number of carbonyl (C=O) groups is 2. The first-order valence-electron chi connectivity index (χ1n) is 10.9. The molecule has 176 valence electrons. The van der Waals surface area contributed by atoms with Crippen LogP contribution in [0.25, 0.3) is 0 Å². The number of ketones is 2. The molecular weight excluding hydrogens is 416 g/mol. The van der Waals surface area contributed by atoms with Gasteiger partial charge in [-0.15, -0.1) is 13.2 Å². The largest absolute Gasteiger partial charge is 0.369 e. The average molecular weight is 449 g/mol. The molecule has 0 saturated heterocycles. The van der Waals surface area contributed by atoms with Crippen molar-refractivity contribution < 1.29 is 38.0 Å². The predicted octanol–water partition coefficient (Wildman–Crippen LogP) is 1.53. The molecule has 0 spiro atoms. The van der Waals surface area contributed by atoms with E-state index in [0.717, 1.165) is 0 Å². The van der Waals surface area contributed by atoms with Crippen molar-refractivity contribution in [3.05, 3.63) is 25.3 Å². The van der Waals surface area contributed by atoms with Crippen molar-refractivity contribution >= 4 is 11.6 Å². The van der Waals surface area contributed by atoms with Crippen LogP contribution < -0.4 is 0 Å². The van der Waals surface area contributed by atoms with Crippen LogP contribution in [-0.2, 0) is 38.0 Å². The first-order chi connectivity index (χ1) is 15.3. The van der Waals surface area contributed by atoms with Crippen LogP contribution >= 0.6 is 0 Å². The van der Waals surface area contributed by atoms with Gasteiger partial charge in [-0.3, -0.25) is 9.59 Å². The van der Waals surface area contributed by atoms with Gasteiger partial charge in [0.05, 0.1) is 0 Å². The standard InChI is InChI=1S/C24H32O8/c1-9-11-19-13-14-20(12-10-2)16(24(31-7,32-8)17(25)21(14,19)27-3)15(19)23(29-5,30-6)18(26)22(13,20)28-4/h9-10,13-16H,1-2,11-12H2,3-8H3. The molecule has 32 heavy (non-hydrogen) atoms. The van der Waals surface area contributed by atoms with E-state index in [9.17, 15) is 9.59 Å². The summed E-state index contributed by atoms with van der Waals surface area (Å²) in [5, 5.41) is 0. The Bertz CT molecular complexity index is 847. The second-order valence-corrected chi connectivity index (χ2v) is 9.67. The minimum Gasteiger partial charge on any atom is -0.369 e. The lowest BCUT2D eigenvalue weighted by molar-refractivity contribution is -0.564. The zero-order valence-electron chi connectivity index (χ0n) is 19.6. The van der Waals surface area contributed by atoms with Crippen LogP contribution in [-0.4, -0.2) is 77.0 Å². The van der Waals surface area contributed by atoms with Crippen molar-refractivity contribution in [2.45, 2.75) is 35.6 Å². The lowest BCUT2D eigenvalue weighted by atomic mass is 9.06. The molecule has 8 saturated carbocycles. The minimum atomic E-state index is -1.66. The van der Waals surface area contributed by atoms with Crippen molar-refractivity contribution in [3.8, 4) is 0 Å². The number of rotatable bonds is 10. The highest BCUT2D eigenvalue weighted by Crippen LogP contribution is 2.98. The van der Waals surface area contributed by atoms with Gasteiger partial charge in [0.1, 0.15) is 11.2 Å². The molecule has 0 aliphatic heterocycles. The summed E-state index contributed by atoms with van der Waals surface area (Å²) >= 11 is 0. The van der Waals surface area contributed by atoms with Crippen molar-refractivity contribution in [3.63, 3.8) is 0 Å². The summed E-state index contributed by atoms with van der Waals surface area (Å²) in [5.41, 5.74) is -4.19. The molecule has 0 aromatic carbocycles. The number of methoxy groups -OCH3 is 6. The molecule has 8 atom stereocenters. The van der Waals surface area contributed by atoms with Crippen LogP contribution in [0.1, 0.15) is 12.8 Å². The molecule has 8 rings (SSSR count).